The molecule has 0 aromatic heterocycles. The van der Waals surface area contributed by atoms with Gasteiger partial charge in [-0.2, -0.15) is 0 Å². The number of hydrogen-bond acceptors (Lipinski definition) is 2. The van der Waals surface area contributed by atoms with Gasteiger partial charge in [-0.25, -0.2) is 0 Å². The van der Waals surface area contributed by atoms with Gasteiger partial charge < -0.3 is 10.0 Å². The number of fused-ring (bicyclic) bond motifs is 3. The predicted molar refractivity (Wildman–Crippen MR) is 58.1 cm³/mol. The quantitative estimate of drug-likeness (QED) is 0.679. The van der Waals surface area contributed by atoms with Crippen molar-refractivity contribution in [2.24, 2.45) is 5.92 Å². The third-order valence-corrected chi connectivity index (χ3v) is 3.85. The highest BCUT2D eigenvalue weighted by Crippen LogP contribution is 2.34. The van der Waals surface area contributed by atoms with Gasteiger partial charge in [0.05, 0.1) is 6.10 Å². The molecule has 2 nitrogen and oxygen atoms in total. The van der Waals surface area contributed by atoms with Gasteiger partial charge in [0.2, 0.25) is 0 Å². The molecular weight excluding hydrogens is 174 g/mol. The van der Waals surface area contributed by atoms with Crippen LogP contribution in [0.1, 0.15) is 32.6 Å². The van der Waals surface area contributed by atoms with E-state index in [-0.39, 0.29) is 6.10 Å². The molecule has 0 aromatic rings. The van der Waals surface area contributed by atoms with Crippen molar-refractivity contribution in [3.63, 3.8) is 0 Å². The maximum Gasteiger partial charge on any atom is 0.0750 e. The summed E-state index contributed by atoms with van der Waals surface area (Å²) in [7, 11) is 2.21. The van der Waals surface area contributed by atoms with Gasteiger partial charge >= 0.3 is 0 Å². The summed E-state index contributed by atoms with van der Waals surface area (Å²) < 4.78 is 0. The summed E-state index contributed by atoms with van der Waals surface area (Å²) in [5.74, 6) is 0.619. The van der Waals surface area contributed by atoms with Crippen LogP contribution in [0, 0.1) is 5.92 Å². The first-order valence-corrected chi connectivity index (χ1v) is 5.80. The standard InChI is InChI=1S/C12H21NO/c1-3-12(14)11-7-6-10-5-4-9(11)8-13(10)2/h7,9-10,12,14H,3-6,8H2,1-2H3. The molecule has 14 heavy (non-hydrogen) atoms. The van der Waals surface area contributed by atoms with Crippen LogP contribution in [0.4, 0.5) is 0 Å². The first-order chi connectivity index (χ1) is 6.72. The van der Waals surface area contributed by atoms with Gasteiger partial charge in [-0.05, 0) is 44.2 Å². The Morgan fingerprint density at radius 1 is 1.57 bits per heavy atom. The van der Waals surface area contributed by atoms with Crippen LogP contribution in [-0.4, -0.2) is 35.7 Å². The molecule has 2 heteroatoms. The molecule has 3 unspecified atom stereocenters. The summed E-state index contributed by atoms with van der Waals surface area (Å²) in [6.07, 6.45) is 6.69. The first kappa shape index (κ1) is 10.2. The van der Waals surface area contributed by atoms with Gasteiger partial charge in [-0.15, -0.1) is 0 Å². The van der Waals surface area contributed by atoms with E-state index in [0.29, 0.717) is 5.92 Å². The summed E-state index contributed by atoms with van der Waals surface area (Å²) in [5, 5.41) is 9.93. The van der Waals surface area contributed by atoms with E-state index in [2.05, 4.69) is 24.9 Å². The normalized spacial score (nSPS) is 35.2. The van der Waals surface area contributed by atoms with Gasteiger partial charge in [-0.1, -0.05) is 13.0 Å². The van der Waals surface area contributed by atoms with E-state index in [4.69, 9.17) is 0 Å². The van der Waals surface area contributed by atoms with Crippen molar-refractivity contribution in [1.82, 2.24) is 4.90 Å². The fraction of sp³-hybridized carbons (Fsp3) is 0.833. The Balaban J connectivity index is 2.15. The molecule has 2 heterocycles. The number of nitrogens with zero attached hydrogens (tertiary/aromatic N) is 1. The minimum Gasteiger partial charge on any atom is -0.389 e. The molecule has 0 aromatic carbocycles. The summed E-state index contributed by atoms with van der Waals surface area (Å²) >= 11 is 0. The molecule has 2 bridgehead atoms. The molecule has 0 spiro atoms. The molecule has 2 aliphatic heterocycles. The second kappa shape index (κ2) is 4.03. The highest BCUT2D eigenvalue weighted by molar-refractivity contribution is 5.17. The van der Waals surface area contributed by atoms with E-state index in [0.717, 1.165) is 25.4 Å². The minimum absolute atomic E-state index is 0.190. The van der Waals surface area contributed by atoms with Crippen LogP contribution in [0.25, 0.3) is 0 Å². The van der Waals surface area contributed by atoms with E-state index >= 15 is 0 Å². The second-order valence-electron chi connectivity index (χ2n) is 4.73. The van der Waals surface area contributed by atoms with Crippen LogP contribution in [-0.2, 0) is 0 Å². The van der Waals surface area contributed by atoms with Crippen LogP contribution in [0.2, 0.25) is 0 Å². The molecule has 0 saturated carbocycles. The summed E-state index contributed by atoms with van der Waals surface area (Å²) in [4.78, 5) is 2.46. The van der Waals surface area contributed by atoms with Crippen molar-refractivity contribution in [2.75, 3.05) is 13.6 Å². The molecule has 0 radical (unpaired) electrons. The lowest BCUT2D eigenvalue weighted by Gasteiger charge is -2.35. The zero-order valence-electron chi connectivity index (χ0n) is 9.24. The maximum atomic E-state index is 9.93. The fourth-order valence-electron chi connectivity index (χ4n) is 2.85. The van der Waals surface area contributed by atoms with Crippen molar-refractivity contribution in [1.29, 1.82) is 0 Å². The molecule has 3 aliphatic rings. The van der Waals surface area contributed by atoms with Gasteiger partial charge in [0.1, 0.15) is 0 Å². The van der Waals surface area contributed by atoms with Crippen molar-refractivity contribution < 1.29 is 5.11 Å². The highest BCUT2D eigenvalue weighted by Gasteiger charge is 2.32. The van der Waals surface area contributed by atoms with Gasteiger partial charge in [0, 0.05) is 12.6 Å². The van der Waals surface area contributed by atoms with Crippen LogP contribution in [0.5, 0.6) is 0 Å². The first-order valence-electron chi connectivity index (χ1n) is 5.80. The van der Waals surface area contributed by atoms with Crippen LogP contribution in [0.15, 0.2) is 11.6 Å². The Bertz CT molecular complexity index is 236. The van der Waals surface area contributed by atoms with Gasteiger partial charge in [0.15, 0.2) is 0 Å². The zero-order chi connectivity index (χ0) is 10.1. The molecule has 3 atom stereocenters. The number of aliphatic hydroxyl groups excluding tert-OH is 1. The zero-order valence-corrected chi connectivity index (χ0v) is 9.24. The van der Waals surface area contributed by atoms with E-state index in [1.165, 1.54) is 18.4 Å². The number of aliphatic hydroxyl groups is 1. The van der Waals surface area contributed by atoms with E-state index in [1.54, 1.807) is 0 Å². The highest BCUT2D eigenvalue weighted by atomic mass is 16.3. The Kier molecular flexibility index (Phi) is 2.93. The predicted octanol–water partition coefficient (Wildman–Crippen LogP) is 1.80. The average molecular weight is 195 g/mol. The van der Waals surface area contributed by atoms with Crippen molar-refractivity contribution >= 4 is 0 Å². The fourth-order valence-corrected chi connectivity index (χ4v) is 2.85. The second-order valence-corrected chi connectivity index (χ2v) is 4.73. The lowest BCUT2D eigenvalue weighted by Crippen LogP contribution is -2.39. The molecule has 0 amide bonds. The van der Waals surface area contributed by atoms with Crippen molar-refractivity contribution in [3.8, 4) is 0 Å². The lowest BCUT2D eigenvalue weighted by molar-refractivity contribution is 0.140. The molecule has 1 aliphatic carbocycles. The number of rotatable bonds is 2. The Morgan fingerprint density at radius 2 is 2.36 bits per heavy atom. The van der Waals surface area contributed by atoms with Gasteiger partial charge in [0.25, 0.3) is 0 Å². The summed E-state index contributed by atoms with van der Waals surface area (Å²) in [6.45, 7) is 3.21. The van der Waals surface area contributed by atoms with E-state index < -0.39 is 0 Å². The van der Waals surface area contributed by atoms with Crippen molar-refractivity contribution in [3.05, 3.63) is 11.6 Å². The lowest BCUT2D eigenvalue weighted by atomic mass is 9.87. The minimum atomic E-state index is -0.190. The molecule has 1 N–H and O–H groups in total. The number of piperidine rings is 1. The molecule has 1 fully saturated rings. The van der Waals surface area contributed by atoms with E-state index in [9.17, 15) is 5.11 Å². The monoisotopic (exact) mass is 195 g/mol. The third-order valence-electron chi connectivity index (χ3n) is 3.85. The van der Waals surface area contributed by atoms with E-state index in [1.807, 2.05) is 0 Å². The largest absolute Gasteiger partial charge is 0.389 e. The topological polar surface area (TPSA) is 23.5 Å². The van der Waals surface area contributed by atoms with Crippen LogP contribution < -0.4 is 0 Å². The van der Waals surface area contributed by atoms with Crippen LogP contribution >= 0.6 is 0 Å². The number of hydrogen-bond donors (Lipinski definition) is 1. The molecule has 80 valence electrons. The van der Waals surface area contributed by atoms with Crippen molar-refractivity contribution in [2.45, 2.75) is 44.8 Å². The Morgan fingerprint density at radius 3 is 3.00 bits per heavy atom. The van der Waals surface area contributed by atoms with Gasteiger partial charge in [-0.3, -0.25) is 0 Å². The average Bonchev–Trinajstić information content (AvgIpc) is 2.47. The third kappa shape index (κ3) is 1.73. The maximum absolute atomic E-state index is 9.93. The molecular formula is C12H21NO. The Hall–Kier alpha value is -0.340. The smallest absolute Gasteiger partial charge is 0.0750 e. The Labute approximate surface area is 86.6 Å². The summed E-state index contributed by atoms with van der Waals surface area (Å²) in [5.41, 5.74) is 1.32. The SMILES string of the molecule is CCC(O)C1=CCC2CCC1CN2C. The molecule has 3 rings (SSSR count). The van der Waals surface area contributed by atoms with Crippen LogP contribution in [0.3, 0.4) is 0 Å². The summed E-state index contributed by atoms with van der Waals surface area (Å²) in [6, 6.07) is 0.729. The molecule has 1 saturated heterocycles.